The largest absolute Gasteiger partial charge is 0.342 e. The monoisotopic (exact) mass is 523 g/mol. The van der Waals surface area contributed by atoms with Gasteiger partial charge in [0, 0.05) is 39.4 Å². The molecule has 0 radical (unpaired) electrons. The number of hydrogen-bond acceptors (Lipinski definition) is 2. The zero-order valence-corrected chi connectivity index (χ0v) is 19.7. The number of anilines is 1. The van der Waals surface area contributed by atoms with Gasteiger partial charge in [-0.25, -0.2) is 0 Å². The molecule has 0 fully saturated rings. The fraction of sp³-hybridized carbons (Fsp3) is 0.0400. The third kappa shape index (κ3) is 4.89. The number of nitriles is 1. The summed E-state index contributed by atoms with van der Waals surface area (Å²) in [5.74, 6) is -0.466. The van der Waals surface area contributed by atoms with E-state index < -0.39 is 5.91 Å². The third-order valence-corrected chi connectivity index (χ3v) is 6.14. The maximum absolute atomic E-state index is 12.7. The van der Waals surface area contributed by atoms with E-state index >= 15 is 0 Å². The summed E-state index contributed by atoms with van der Waals surface area (Å²) in [6.45, 7) is 0.567. The first-order valence-electron chi connectivity index (χ1n) is 9.65. The van der Waals surface area contributed by atoms with E-state index in [9.17, 15) is 10.1 Å². The van der Waals surface area contributed by atoms with Crippen molar-refractivity contribution in [2.24, 2.45) is 0 Å². The SMILES string of the molecule is N#C/C(=C/c1cn(Cc2ccc(Cl)c(Cl)c2)c2ccccc12)C(=O)Nc1cccc(Br)c1. The Hall–Kier alpha value is -3.04. The van der Waals surface area contributed by atoms with E-state index in [2.05, 4.69) is 25.8 Å². The standard InChI is InChI=1S/C25H16BrCl2N3O/c26-19-4-3-5-20(12-19)30-25(32)17(13-29)11-18-15-31(24-7-2-1-6-21(18)24)14-16-8-9-22(27)23(28)10-16/h1-12,15H,14H2,(H,30,32)/b17-11-. The van der Waals surface area contributed by atoms with Crippen molar-refractivity contribution >= 4 is 67.7 Å². The Morgan fingerprint density at radius 2 is 1.88 bits per heavy atom. The lowest BCUT2D eigenvalue weighted by molar-refractivity contribution is -0.112. The number of rotatable bonds is 5. The Morgan fingerprint density at radius 3 is 2.62 bits per heavy atom. The second-order valence-electron chi connectivity index (χ2n) is 7.11. The van der Waals surface area contributed by atoms with Crippen LogP contribution in [0.25, 0.3) is 17.0 Å². The molecular formula is C25H16BrCl2N3O. The number of nitrogens with one attached hydrogen (secondary N) is 1. The van der Waals surface area contributed by atoms with Crippen LogP contribution in [0.4, 0.5) is 5.69 Å². The summed E-state index contributed by atoms with van der Waals surface area (Å²) in [6, 6.07) is 22.6. The molecule has 0 aliphatic carbocycles. The molecule has 0 unspecified atom stereocenters. The Labute approximate surface area is 203 Å². The van der Waals surface area contributed by atoms with Gasteiger partial charge < -0.3 is 9.88 Å². The average Bonchev–Trinajstić information content (AvgIpc) is 3.12. The van der Waals surface area contributed by atoms with E-state index in [1.54, 1.807) is 24.3 Å². The molecule has 4 nitrogen and oxygen atoms in total. The summed E-state index contributed by atoms with van der Waals surface area (Å²) in [7, 11) is 0. The highest BCUT2D eigenvalue weighted by atomic mass is 79.9. The fourth-order valence-electron chi connectivity index (χ4n) is 3.42. The molecule has 0 atom stereocenters. The molecule has 1 N–H and O–H groups in total. The quantitative estimate of drug-likeness (QED) is 0.220. The number of benzene rings is 3. The van der Waals surface area contributed by atoms with Gasteiger partial charge in [0.2, 0.25) is 0 Å². The molecule has 0 saturated carbocycles. The van der Waals surface area contributed by atoms with Gasteiger partial charge in [0.25, 0.3) is 5.91 Å². The lowest BCUT2D eigenvalue weighted by Crippen LogP contribution is -2.13. The Kier molecular flexibility index (Phi) is 6.66. The number of para-hydroxylation sites is 1. The molecule has 1 heterocycles. The van der Waals surface area contributed by atoms with E-state index in [0.717, 1.165) is 26.5 Å². The van der Waals surface area contributed by atoms with E-state index in [-0.39, 0.29) is 5.57 Å². The summed E-state index contributed by atoms with van der Waals surface area (Å²) in [6.07, 6.45) is 3.54. The fourth-order valence-corrected chi connectivity index (χ4v) is 4.14. The molecule has 0 saturated heterocycles. The summed E-state index contributed by atoms with van der Waals surface area (Å²) in [5, 5.41) is 14.3. The number of carbonyl (C=O) groups is 1. The van der Waals surface area contributed by atoms with Crippen LogP contribution in [0.5, 0.6) is 0 Å². The molecule has 4 aromatic rings. The minimum absolute atomic E-state index is 0.0161. The number of amides is 1. The van der Waals surface area contributed by atoms with Gasteiger partial charge in [0.15, 0.2) is 0 Å². The topological polar surface area (TPSA) is 57.8 Å². The van der Waals surface area contributed by atoms with Crippen LogP contribution in [0.3, 0.4) is 0 Å². The second kappa shape index (κ2) is 9.62. The Balaban J connectivity index is 1.68. The van der Waals surface area contributed by atoms with E-state index in [0.29, 0.717) is 22.3 Å². The van der Waals surface area contributed by atoms with Gasteiger partial charge in [0.05, 0.1) is 10.0 Å². The van der Waals surface area contributed by atoms with Gasteiger partial charge in [-0.2, -0.15) is 5.26 Å². The van der Waals surface area contributed by atoms with Crippen LogP contribution in [-0.4, -0.2) is 10.5 Å². The van der Waals surface area contributed by atoms with Crippen LogP contribution in [-0.2, 0) is 11.3 Å². The molecule has 158 valence electrons. The zero-order chi connectivity index (χ0) is 22.7. The predicted molar refractivity (Wildman–Crippen MR) is 134 cm³/mol. The van der Waals surface area contributed by atoms with Crippen LogP contribution >= 0.6 is 39.1 Å². The molecule has 1 aromatic heterocycles. The van der Waals surface area contributed by atoms with Gasteiger partial charge in [0.1, 0.15) is 11.6 Å². The number of halogens is 3. The maximum Gasteiger partial charge on any atom is 0.266 e. The van der Waals surface area contributed by atoms with Crippen molar-refractivity contribution in [3.05, 3.63) is 104 Å². The summed E-state index contributed by atoms with van der Waals surface area (Å²) >= 11 is 15.6. The summed E-state index contributed by atoms with van der Waals surface area (Å²) in [5.41, 5.74) is 3.37. The molecule has 3 aromatic carbocycles. The first-order valence-corrected chi connectivity index (χ1v) is 11.2. The van der Waals surface area contributed by atoms with Gasteiger partial charge in [-0.05, 0) is 48.0 Å². The molecule has 7 heteroatoms. The van der Waals surface area contributed by atoms with Crippen molar-refractivity contribution in [1.82, 2.24) is 4.57 Å². The highest BCUT2D eigenvalue weighted by molar-refractivity contribution is 9.10. The van der Waals surface area contributed by atoms with Crippen molar-refractivity contribution in [2.45, 2.75) is 6.54 Å². The molecule has 0 spiro atoms. The molecule has 0 aliphatic heterocycles. The van der Waals surface area contributed by atoms with Gasteiger partial charge in [-0.15, -0.1) is 0 Å². The summed E-state index contributed by atoms with van der Waals surface area (Å²) in [4.78, 5) is 12.7. The van der Waals surface area contributed by atoms with Gasteiger partial charge >= 0.3 is 0 Å². The molecular weight excluding hydrogens is 509 g/mol. The first-order chi connectivity index (χ1) is 15.4. The summed E-state index contributed by atoms with van der Waals surface area (Å²) < 4.78 is 2.89. The highest BCUT2D eigenvalue weighted by Gasteiger charge is 2.13. The Morgan fingerprint density at radius 1 is 1.06 bits per heavy atom. The molecule has 32 heavy (non-hydrogen) atoms. The maximum atomic E-state index is 12.7. The predicted octanol–water partition coefficient (Wildman–Crippen LogP) is 7.30. The third-order valence-electron chi connectivity index (χ3n) is 4.90. The lowest BCUT2D eigenvalue weighted by atomic mass is 10.1. The molecule has 4 rings (SSSR count). The highest BCUT2D eigenvalue weighted by Crippen LogP contribution is 2.27. The number of aromatic nitrogens is 1. The van der Waals surface area contributed by atoms with Crippen molar-refractivity contribution in [2.75, 3.05) is 5.32 Å². The minimum atomic E-state index is -0.466. The van der Waals surface area contributed by atoms with Crippen molar-refractivity contribution in [1.29, 1.82) is 5.26 Å². The van der Waals surface area contributed by atoms with Crippen molar-refractivity contribution < 1.29 is 4.79 Å². The van der Waals surface area contributed by atoms with Crippen molar-refractivity contribution in [3.63, 3.8) is 0 Å². The Bertz CT molecular complexity index is 1400. The number of fused-ring (bicyclic) bond motifs is 1. The lowest BCUT2D eigenvalue weighted by Gasteiger charge is -2.06. The molecule has 0 aliphatic rings. The van der Waals surface area contributed by atoms with Crippen LogP contribution in [0.1, 0.15) is 11.1 Å². The van der Waals surface area contributed by atoms with E-state index in [4.69, 9.17) is 23.2 Å². The smallest absolute Gasteiger partial charge is 0.266 e. The molecule has 1 amide bonds. The second-order valence-corrected chi connectivity index (χ2v) is 8.84. The normalized spacial score (nSPS) is 11.4. The van der Waals surface area contributed by atoms with Gasteiger partial charge in [-0.3, -0.25) is 4.79 Å². The number of nitrogens with zero attached hydrogens (tertiary/aromatic N) is 2. The van der Waals surface area contributed by atoms with Crippen molar-refractivity contribution in [3.8, 4) is 6.07 Å². The molecule has 0 bridgehead atoms. The van der Waals surface area contributed by atoms with Crippen LogP contribution in [0.2, 0.25) is 10.0 Å². The van der Waals surface area contributed by atoms with Crippen LogP contribution in [0, 0.1) is 11.3 Å². The van der Waals surface area contributed by atoms with Gasteiger partial charge in [-0.1, -0.05) is 69.5 Å². The van der Waals surface area contributed by atoms with E-state index in [1.807, 2.05) is 60.8 Å². The van der Waals surface area contributed by atoms with E-state index in [1.165, 1.54) is 0 Å². The number of carbonyl (C=O) groups excluding carboxylic acids is 1. The first kappa shape index (κ1) is 22.2. The van der Waals surface area contributed by atoms with Crippen LogP contribution in [0.15, 0.2) is 83.0 Å². The number of hydrogen-bond donors (Lipinski definition) is 1. The zero-order valence-electron chi connectivity index (χ0n) is 16.6. The van der Waals surface area contributed by atoms with Crippen LogP contribution < -0.4 is 5.32 Å². The average molecular weight is 525 g/mol. The minimum Gasteiger partial charge on any atom is -0.342 e.